The third kappa shape index (κ3) is 3.17. The van der Waals surface area contributed by atoms with E-state index in [1.807, 2.05) is 13.1 Å². The monoisotopic (exact) mass is 229 g/mol. The van der Waals surface area contributed by atoms with Crippen LogP contribution in [0.2, 0.25) is 0 Å². The lowest BCUT2D eigenvalue weighted by molar-refractivity contribution is 0.568. The zero-order valence-electron chi connectivity index (χ0n) is 10.6. The van der Waals surface area contributed by atoms with Gasteiger partial charge in [0.05, 0.1) is 0 Å². The summed E-state index contributed by atoms with van der Waals surface area (Å²) < 4.78 is 0. The third-order valence-corrected chi connectivity index (χ3v) is 2.93. The van der Waals surface area contributed by atoms with Gasteiger partial charge in [-0.25, -0.2) is 4.98 Å². The van der Waals surface area contributed by atoms with Crippen molar-refractivity contribution in [2.45, 2.75) is 33.4 Å². The summed E-state index contributed by atoms with van der Waals surface area (Å²) in [5.41, 5.74) is 3.73. The van der Waals surface area contributed by atoms with E-state index in [9.17, 15) is 0 Å². The van der Waals surface area contributed by atoms with Gasteiger partial charge in [-0.2, -0.15) is 0 Å². The van der Waals surface area contributed by atoms with Gasteiger partial charge in [-0.15, -0.1) is 0 Å². The third-order valence-electron chi connectivity index (χ3n) is 2.93. The fourth-order valence-corrected chi connectivity index (χ4v) is 1.80. The molecule has 0 bridgehead atoms. The summed E-state index contributed by atoms with van der Waals surface area (Å²) in [6, 6.07) is 8.98. The minimum Gasteiger partial charge on any atom is -0.345 e. The molecule has 0 aliphatic heterocycles. The molecule has 3 heteroatoms. The van der Waals surface area contributed by atoms with Gasteiger partial charge in [0.15, 0.2) is 0 Å². The van der Waals surface area contributed by atoms with Crippen molar-refractivity contribution in [3.63, 3.8) is 0 Å². The van der Waals surface area contributed by atoms with Crippen molar-refractivity contribution in [2.75, 3.05) is 0 Å². The van der Waals surface area contributed by atoms with E-state index in [0.717, 1.165) is 18.1 Å². The molecule has 2 N–H and O–H groups in total. The number of H-pyrrole nitrogens is 1. The van der Waals surface area contributed by atoms with Crippen LogP contribution in [0.5, 0.6) is 0 Å². The Hall–Kier alpha value is -1.61. The highest BCUT2D eigenvalue weighted by Crippen LogP contribution is 2.13. The van der Waals surface area contributed by atoms with Gasteiger partial charge in [0.2, 0.25) is 0 Å². The van der Waals surface area contributed by atoms with Crippen molar-refractivity contribution in [1.82, 2.24) is 15.3 Å². The molecule has 0 fully saturated rings. The SMILES string of the molecule is Cc1ccc(C(C)NCc2cnc(C)[nH]2)cc1. The summed E-state index contributed by atoms with van der Waals surface area (Å²) in [5, 5.41) is 3.48. The van der Waals surface area contributed by atoms with E-state index in [4.69, 9.17) is 0 Å². The quantitative estimate of drug-likeness (QED) is 0.846. The van der Waals surface area contributed by atoms with Crippen LogP contribution in [0.25, 0.3) is 0 Å². The molecule has 0 radical (unpaired) electrons. The maximum Gasteiger partial charge on any atom is 0.103 e. The molecule has 1 aromatic carbocycles. The lowest BCUT2D eigenvalue weighted by atomic mass is 10.1. The van der Waals surface area contributed by atoms with Crippen LogP contribution >= 0.6 is 0 Å². The molecule has 1 aromatic heterocycles. The van der Waals surface area contributed by atoms with Gasteiger partial charge >= 0.3 is 0 Å². The van der Waals surface area contributed by atoms with Crippen molar-refractivity contribution >= 4 is 0 Å². The largest absolute Gasteiger partial charge is 0.345 e. The average Bonchev–Trinajstić information content (AvgIpc) is 2.73. The average molecular weight is 229 g/mol. The zero-order chi connectivity index (χ0) is 12.3. The zero-order valence-corrected chi connectivity index (χ0v) is 10.6. The van der Waals surface area contributed by atoms with Crippen molar-refractivity contribution in [3.05, 3.63) is 53.1 Å². The molecule has 90 valence electrons. The van der Waals surface area contributed by atoms with E-state index in [2.05, 4.69) is 53.4 Å². The summed E-state index contributed by atoms with van der Waals surface area (Å²) in [6.45, 7) is 7.06. The Labute approximate surface area is 102 Å². The number of aryl methyl sites for hydroxylation is 2. The minimum atomic E-state index is 0.346. The van der Waals surface area contributed by atoms with E-state index in [1.54, 1.807) is 0 Å². The second kappa shape index (κ2) is 5.15. The molecule has 2 aromatic rings. The molecule has 0 amide bonds. The molecular weight excluding hydrogens is 210 g/mol. The molecule has 3 nitrogen and oxygen atoms in total. The normalized spacial score (nSPS) is 12.6. The van der Waals surface area contributed by atoms with Crippen LogP contribution in [0.3, 0.4) is 0 Å². The Balaban J connectivity index is 1.93. The Morgan fingerprint density at radius 3 is 2.53 bits per heavy atom. The molecule has 2 rings (SSSR count). The van der Waals surface area contributed by atoms with Crippen LogP contribution in [-0.2, 0) is 6.54 Å². The van der Waals surface area contributed by atoms with Crippen molar-refractivity contribution in [1.29, 1.82) is 0 Å². The van der Waals surface area contributed by atoms with Crippen molar-refractivity contribution in [2.24, 2.45) is 0 Å². The second-order valence-corrected chi connectivity index (χ2v) is 4.51. The number of imidazole rings is 1. The van der Waals surface area contributed by atoms with E-state index in [0.29, 0.717) is 6.04 Å². The number of rotatable bonds is 4. The Bertz CT molecular complexity index is 470. The maximum absolute atomic E-state index is 4.18. The second-order valence-electron chi connectivity index (χ2n) is 4.51. The van der Waals surface area contributed by atoms with Gasteiger partial charge < -0.3 is 10.3 Å². The van der Waals surface area contributed by atoms with Gasteiger partial charge in [0, 0.05) is 24.5 Å². The number of benzene rings is 1. The predicted octanol–water partition coefficient (Wildman–Crippen LogP) is 2.88. The van der Waals surface area contributed by atoms with Crippen molar-refractivity contribution < 1.29 is 0 Å². The highest BCUT2D eigenvalue weighted by atomic mass is 15.0. The van der Waals surface area contributed by atoms with Gasteiger partial charge in [-0.05, 0) is 26.3 Å². The minimum absolute atomic E-state index is 0.346. The number of hydrogen-bond acceptors (Lipinski definition) is 2. The number of aromatic amines is 1. The molecule has 1 heterocycles. The molecule has 1 unspecified atom stereocenters. The fraction of sp³-hybridized carbons (Fsp3) is 0.357. The summed E-state index contributed by atoms with van der Waals surface area (Å²) in [5.74, 6) is 0.963. The molecule has 1 atom stereocenters. The summed E-state index contributed by atoms with van der Waals surface area (Å²) in [6.07, 6.45) is 1.88. The first kappa shape index (κ1) is 11.9. The highest BCUT2D eigenvalue weighted by molar-refractivity contribution is 5.23. The van der Waals surface area contributed by atoms with Gasteiger partial charge in [0.1, 0.15) is 5.82 Å². The fourth-order valence-electron chi connectivity index (χ4n) is 1.80. The van der Waals surface area contributed by atoms with Crippen LogP contribution in [-0.4, -0.2) is 9.97 Å². The van der Waals surface area contributed by atoms with Crippen LogP contribution in [0.15, 0.2) is 30.5 Å². The van der Waals surface area contributed by atoms with Crippen LogP contribution in [0, 0.1) is 13.8 Å². The molecule has 17 heavy (non-hydrogen) atoms. The van der Waals surface area contributed by atoms with Crippen molar-refractivity contribution in [3.8, 4) is 0 Å². The Kier molecular flexibility index (Phi) is 3.59. The maximum atomic E-state index is 4.18. The van der Waals surface area contributed by atoms with Crippen LogP contribution < -0.4 is 5.32 Å². The lowest BCUT2D eigenvalue weighted by Crippen LogP contribution is -2.18. The van der Waals surface area contributed by atoms with Gasteiger partial charge in [0.25, 0.3) is 0 Å². The molecular formula is C14H19N3. The first-order valence-corrected chi connectivity index (χ1v) is 5.95. The smallest absolute Gasteiger partial charge is 0.103 e. The Morgan fingerprint density at radius 2 is 1.94 bits per heavy atom. The van der Waals surface area contributed by atoms with E-state index in [1.165, 1.54) is 11.1 Å². The number of nitrogens with one attached hydrogen (secondary N) is 2. The topological polar surface area (TPSA) is 40.7 Å². The number of hydrogen-bond donors (Lipinski definition) is 2. The molecule has 0 aliphatic rings. The summed E-state index contributed by atoms with van der Waals surface area (Å²) >= 11 is 0. The van der Waals surface area contributed by atoms with E-state index < -0.39 is 0 Å². The molecule has 0 aliphatic carbocycles. The molecule has 0 saturated heterocycles. The summed E-state index contributed by atoms with van der Waals surface area (Å²) in [7, 11) is 0. The predicted molar refractivity (Wildman–Crippen MR) is 69.8 cm³/mol. The van der Waals surface area contributed by atoms with E-state index >= 15 is 0 Å². The highest BCUT2D eigenvalue weighted by Gasteiger charge is 2.05. The van der Waals surface area contributed by atoms with Gasteiger partial charge in [-0.3, -0.25) is 0 Å². The first-order valence-electron chi connectivity index (χ1n) is 5.95. The molecule has 0 saturated carbocycles. The van der Waals surface area contributed by atoms with Crippen LogP contribution in [0.1, 0.15) is 35.6 Å². The summed E-state index contributed by atoms with van der Waals surface area (Å²) in [4.78, 5) is 7.40. The standard InChI is InChI=1S/C14H19N3/c1-10-4-6-13(7-5-10)11(2)15-8-14-9-16-12(3)17-14/h4-7,9,11,15H,8H2,1-3H3,(H,16,17). The van der Waals surface area contributed by atoms with Crippen LogP contribution in [0.4, 0.5) is 0 Å². The Morgan fingerprint density at radius 1 is 1.24 bits per heavy atom. The van der Waals surface area contributed by atoms with Gasteiger partial charge in [-0.1, -0.05) is 29.8 Å². The van der Waals surface area contributed by atoms with E-state index in [-0.39, 0.29) is 0 Å². The number of aromatic nitrogens is 2. The first-order chi connectivity index (χ1) is 8.15. The molecule has 0 spiro atoms. The lowest BCUT2D eigenvalue weighted by Gasteiger charge is -2.13. The number of nitrogens with zero attached hydrogens (tertiary/aromatic N) is 1.